The van der Waals surface area contributed by atoms with Crippen LogP contribution in [0.15, 0.2) is 0 Å². The van der Waals surface area contributed by atoms with Crippen molar-refractivity contribution in [3.05, 3.63) is 0 Å². The van der Waals surface area contributed by atoms with E-state index in [1.165, 1.54) is 0 Å². The predicted molar refractivity (Wildman–Crippen MR) is 114 cm³/mol. The Morgan fingerprint density at radius 3 is 2.11 bits per heavy atom. The highest BCUT2D eigenvalue weighted by Crippen LogP contribution is 2.50. The van der Waals surface area contributed by atoms with E-state index in [1.807, 2.05) is 0 Å². The van der Waals surface area contributed by atoms with Gasteiger partial charge >= 0.3 is 11.9 Å². The van der Waals surface area contributed by atoms with Crippen LogP contribution in [0.25, 0.3) is 0 Å². The minimum atomic E-state index is -0.736. The van der Waals surface area contributed by atoms with Crippen LogP contribution < -0.4 is 0 Å². The number of hydrogen-bond donors (Lipinski definition) is 2. The number of carbonyl (C=O) groups is 2. The van der Waals surface area contributed by atoms with Crippen molar-refractivity contribution in [2.45, 2.75) is 110 Å². The lowest BCUT2D eigenvalue weighted by molar-refractivity contribution is -0.153. The maximum atomic E-state index is 12.2. The van der Waals surface area contributed by atoms with Crippen molar-refractivity contribution >= 4 is 11.9 Å². The number of nitrogens with zero attached hydrogens (tertiary/aromatic N) is 1. The van der Waals surface area contributed by atoms with Crippen LogP contribution in [0.1, 0.15) is 98.8 Å². The highest BCUT2D eigenvalue weighted by molar-refractivity contribution is 5.70. The van der Waals surface area contributed by atoms with Gasteiger partial charge in [-0.15, -0.1) is 0 Å². The molecule has 1 aliphatic heterocycles. The second kappa shape index (κ2) is 10.6. The second-order valence-electron chi connectivity index (χ2n) is 9.42. The van der Waals surface area contributed by atoms with Crippen molar-refractivity contribution < 1.29 is 19.8 Å². The lowest BCUT2D eigenvalue weighted by Gasteiger charge is -2.60. The van der Waals surface area contributed by atoms with E-state index >= 15 is 0 Å². The van der Waals surface area contributed by atoms with Gasteiger partial charge in [-0.1, -0.05) is 46.5 Å². The lowest BCUT2D eigenvalue weighted by Crippen LogP contribution is -2.65. The van der Waals surface area contributed by atoms with Gasteiger partial charge in [0.25, 0.3) is 0 Å². The van der Waals surface area contributed by atoms with Gasteiger partial charge < -0.3 is 10.2 Å². The molecule has 1 rings (SSSR count). The Labute approximate surface area is 171 Å². The SMILES string of the molecule is CCC1(C)CC(C(CCCCCCCC(=O)O)C(=O)O)C(C)C(C)(CC)N1C. The van der Waals surface area contributed by atoms with Crippen LogP contribution in [-0.2, 0) is 9.59 Å². The average Bonchev–Trinajstić information content (AvgIpc) is 2.65. The van der Waals surface area contributed by atoms with Gasteiger partial charge in [-0.2, -0.15) is 0 Å². The summed E-state index contributed by atoms with van der Waals surface area (Å²) in [6.07, 6.45) is 8.46. The molecule has 0 aliphatic carbocycles. The predicted octanol–water partition coefficient (Wildman–Crippen LogP) is 5.43. The van der Waals surface area contributed by atoms with Gasteiger partial charge in [0, 0.05) is 17.5 Å². The second-order valence-corrected chi connectivity index (χ2v) is 9.42. The van der Waals surface area contributed by atoms with Crippen LogP contribution in [-0.4, -0.2) is 45.2 Å². The van der Waals surface area contributed by atoms with Gasteiger partial charge in [0.05, 0.1) is 5.92 Å². The quantitative estimate of drug-likeness (QED) is 0.429. The zero-order chi connectivity index (χ0) is 21.5. The van der Waals surface area contributed by atoms with Crippen LogP contribution in [0.3, 0.4) is 0 Å². The molecule has 1 fully saturated rings. The molecule has 1 aliphatic rings. The summed E-state index contributed by atoms with van der Waals surface area (Å²) in [7, 11) is 2.21. The Kier molecular flexibility index (Phi) is 9.45. The molecule has 1 heterocycles. The molecule has 0 radical (unpaired) electrons. The standard InChI is InChI=1S/C23H43NO4/c1-7-22(4)16-19(17(3)23(5,8-2)24(22)6)18(21(27)28)14-12-10-9-11-13-15-20(25)26/h17-19H,7-16H2,1-6H3,(H,25,26)(H,27,28). The number of piperidine rings is 1. The molecular formula is C23H43NO4. The molecule has 0 aromatic carbocycles. The summed E-state index contributed by atoms with van der Waals surface area (Å²) in [5.41, 5.74) is 0.0463. The van der Waals surface area contributed by atoms with Crippen molar-refractivity contribution in [3.63, 3.8) is 0 Å². The van der Waals surface area contributed by atoms with Crippen LogP contribution in [0.2, 0.25) is 0 Å². The molecule has 5 atom stereocenters. The number of likely N-dealkylation sites (tertiary alicyclic amines) is 1. The summed E-state index contributed by atoms with van der Waals surface area (Å²) in [5.74, 6) is -1.15. The molecular weight excluding hydrogens is 354 g/mol. The zero-order valence-electron chi connectivity index (χ0n) is 19.0. The normalized spacial score (nSPS) is 32.2. The van der Waals surface area contributed by atoms with Gasteiger partial charge in [0.15, 0.2) is 0 Å². The van der Waals surface area contributed by atoms with E-state index < -0.39 is 11.9 Å². The van der Waals surface area contributed by atoms with Gasteiger partial charge in [-0.05, 0) is 64.8 Å². The van der Waals surface area contributed by atoms with Gasteiger partial charge in [0.2, 0.25) is 0 Å². The smallest absolute Gasteiger partial charge is 0.306 e. The molecule has 164 valence electrons. The summed E-state index contributed by atoms with van der Waals surface area (Å²) < 4.78 is 0. The third-order valence-corrected chi connectivity index (χ3v) is 8.09. The molecule has 0 aromatic heterocycles. The van der Waals surface area contributed by atoms with Gasteiger partial charge in [-0.3, -0.25) is 14.5 Å². The van der Waals surface area contributed by atoms with E-state index in [4.69, 9.17) is 5.11 Å². The fourth-order valence-corrected chi connectivity index (χ4v) is 5.33. The van der Waals surface area contributed by atoms with Crippen LogP contribution in [0.5, 0.6) is 0 Å². The highest BCUT2D eigenvalue weighted by atomic mass is 16.4. The summed E-state index contributed by atoms with van der Waals surface area (Å²) in [5, 5.41) is 18.7. The van der Waals surface area contributed by atoms with E-state index in [0.717, 1.165) is 51.4 Å². The van der Waals surface area contributed by atoms with E-state index in [1.54, 1.807) is 0 Å². The Morgan fingerprint density at radius 2 is 1.61 bits per heavy atom. The number of unbranched alkanes of at least 4 members (excludes halogenated alkanes) is 4. The van der Waals surface area contributed by atoms with Gasteiger partial charge in [0.1, 0.15) is 0 Å². The van der Waals surface area contributed by atoms with E-state index in [0.29, 0.717) is 12.3 Å². The van der Waals surface area contributed by atoms with E-state index in [2.05, 4.69) is 46.6 Å². The van der Waals surface area contributed by atoms with Crippen molar-refractivity contribution in [1.82, 2.24) is 4.90 Å². The molecule has 5 heteroatoms. The van der Waals surface area contributed by atoms with Crippen molar-refractivity contribution in [1.29, 1.82) is 0 Å². The first kappa shape index (κ1) is 24.9. The molecule has 0 bridgehead atoms. The third kappa shape index (κ3) is 5.71. The fourth-order valence-electron chi connectivity index (χ4n) is 5.33. The summed E-state index contributed by atoms with van der Waals surface area (Å²) in [4.78, 5) is 25.3. The number of aliphatic carboxylic acids is 2. The molecule has 5 unspecified atom stereocenters. The molecule has 0 amide bonds. The number of hydrogen-bond acceptors (Lipinski definition) is 3. The molecule has 0 spiro atoms. The minimum absolute atomic E-state index is 0.0121. The van der Waals surface area contributed by atoms with Crippen LogP contribution >= 0.6 is 0 Å². The zero-order valence-corrected chi connectivity index (χ0v) is 19.0. The Hall–Kier alpha value is -1.10. The van der Waals surface area contributed by atoms with Crippen LogP contribution in [0, 0.1) is 17.8 Å². The number of carboxylic acid groups (broad SMARTS) is 2. The first-order valence-corrected chi connectivity index (χ1v) is 11.2. The topological polar surface area (TPSA) is 77.8 Å². The number of carboxylic acids is 2. The molecule has 0 saturated carbocycles. The summed E-state index contributed by atoms with van der Waals surface area (Å²) in [6.45, 7) is 11.3. The van der Waals surface area contributed by atoms with E-state index in [9.17, 15) is 14.7 Å². The molecule has 28 heavy (non-hydrogen) atoms. The lowest BCUT2D eigenvalue weighted by atomic mass is 9.60. The van der Waals surface area contributed by atoms with Crippen molar-refractivity contribution in [2.24, 2.45) is 17.8 Å². The largest absolute Gasteiger partial charge is 0.481 e. The van der Waals surface area contributed by atoms with Crippen LogP contribution in [0.4, 0.5) is 0 Å². The molecule has 2 N–H and O–H groups in total. The average molecular weight is 398 g/mol. The van der Waals surface area contributed by atoms with Gasteiger partial charge in [-0.25, -0.2) is 0 Å². The molecule has 1 saturated heterocycles. The van der Waals surface area contributed by atoms with E-state index in [-0.39, 0.29) is 29.3 Å². The maximum Gasteiger partial charge on any atom is 0.306 e. The maximum absolute atomic E-state index is 12.2. The third-order valence-electron chi connectivity index (χ3n) is 8.09. The molecule has 0 aromatic rings. The minimum Gasteiger partial charge on any atom is -0.481 e. The Morgan fingerprint density at radius 1 is 1.04 bits per heavy atom. The Bertz CT molecular complexity index is 523. The molecule has 5 nitrogen and oxygen atoms in total. The first-order chi connectivity index (χ1) is 13.0. The number of rotatable bonds is 12. The highest BCUT2D eigenvalue weighted by Gasteiger charge is 2.53. The summed E-state index contributed by atoms with van der Waals surface area (Å²) >= 11 is 0. The Balaban J connectivity index is 2.77. The first-order valence-electron chi connectivity index (χ1n) is 11.2. The monoisotopic (exact) mass is 397 g/mol. The van der Waals surface area contributed by atoms with Crippen molar-refractivity contribution in [2.75, 3.05) is 7.05 Å². The fraction of sp³-hybridized carbons (Fsp3) is 0.913. The van der Waals surface area contributed by atoms with Crippen molar-refractivity contribution in [3.8, 4) is 0 Å². The summed E-state index contributed by atoms with van der Waals surface area (Å²) in [6, 6.07) is 0.